The SMILES string of the molecule is O=C(c1cc(C2CC2)on1)N1CCO[C@@]2(CCCC[C@H]2NCc2cccnc2)C1. The van der Waals surface area contributed by atoms with Crippen LogP contribution < -0.4 is 5.32 Å². The fourth-order valence-electron chi connectivity index (χ4n) is 4.70. The highest BCUT2D eigenvalue weighted by Crippen LogP contribution is 2.40. The molecule has 154 valence electrons. The second kappa shape index (κ2) is 7.88. The van der Waals surface area contributed by atoms with E-state index >= 15 is 0 Å². The lowest BCUT2D eigenvalue weighted by atomic mass is 9.78. The standard InChI is InChI=1S/C22H28N4O3/c27-21(18-12-19(29-25-18)17-6-7-17)26-10-11-28-22(15-26)8-2-1-5-20(22)24-14-16-4-3-9-23-13-16/h3-4,9,12-13,17,20,24H,1-2,5-8,10-11,14-15H2/t20-,22+/m1/s1. The molecule has 1 N–H and O–H groups in total. The quantitative estimate of drug-likeness (QED) is 0.837. The van der Waals surface area contributed by atoms with Gasteiger partial charge in [-0.15, -0.1) is 0 Å². The number of morpholine rings is 1. The number of carbonyl (C=O) groups excluding carboxylic acids is 1. The average Bonchev–Trinajstić information content (AvgIpc) is 3.50. The zero-order chi connectivity index (χ0) is 19.7. The number of rotatable bonds is 5. The van der Waals surface area contributed by atoms with E-state index in [0.717, 1.165) is 50.0 Å². The van der Waals surface area contributed by atoms with Crippen LogP contribution in [0.15, 0.2) is 35.1 Å². The lowest BCUT2D eigenvalue weighted by Crippen LogP contribution is -2.64. The van der Waals surface area contributed by atoms with Crippen LogP contribution in [0.2, 0.25) is 0 Å². The first kappa shape index (κ1) is 18.8. The summed E-state index contributed by atoms with van der Waals surface area (Å²) < 4.78 is 11.8. The Bertz CT molecular complexity index is 847. The minimum absolute atomic E-state index is 0.0418. The zero-order valence-corrected chi connectivity index (χ0v) is 16.7. The van der Waals surface area contributed by atoms with Gasteiger partial charge in [0.05, 0.1) is 13.2 Å². The van der Waals surface area contributed by atoms with Gasteiger partial charge >= 0.3 is 0 Å². The number of aromatic nitrogens is 2. The summed E-state index contributed by atoms with van der Waals surface area (Å²) in [6, 6.07) is 6.08. The third-order valence-corrected chi connectivity index (χ3v) is 6.48. The van der Waals surface area contributed by atoms with E-state index in [9.17, 15) is 4.79 Å². The predicted octanol–water partition coefficient (Wildman–Crippen LogP) is 2.89. The Morgan fingerprint density at radius 1 is 1.31 bits per heavy atom. The van der Waals surface area contributed by atoms with Crippen molar-refractivity contribution in [2.75, 3.05) is 19.7 Å². The van der Waals surface area contributed by atoms with Crippen LogP contribution in [0, 0.1) is 0 Å². The highest BCUT2D eigenvalue weighted by molar-refractivity contribution is 5.92. The van der Waals surface area contributed by atoms with Crippen molar-refractivity contribution in [3.63, 3.8) is 0 Å². The van der Waals surface area contributed by atoms with Gasteiger partial charge in [-0.05, 0) is 37.3 Å². The molecule has 3 fully saturated rings. The lowest BCUT2D eigenvalue weighted by molar-refractivity contribution is -0.135. The Kier molecular flexibility index (Phi) is 5.09. The molecule has 0 unspecified atom stereocenters. The summed E-state index contributed by atoms with van der Waals surface area (Å²) in [5.41, 5.74) is 1.25. The smallest absolute Gasteiger partial charge is 0.276 e. The number of hydrogen-bond acceptors (Lipinski definition) is 6. The first-order chi connectivity index (χ1) is 14.2. The maximum absolute atomic E-state index is 13.1. The molecule has 2 aliphatic carbocycles. The lowest BCUT2D eigenvalue weighted by Gasteiger charge is -2.49. The van der Waals surface area contributed by atoms with Gasteiger partial charge in [-0.2, -0.15) is 0 Å². The van der Waals surface area contributed by atoms with E-state index < -0.39 is 0 Å². The van der Waals surface area contributed by atoms with E-state index in [4.69, 9.17) is 9.26 Å². The summed E-state index contributed by atoms with van der Waals surface area (Å²) in [6.45, 7) is 2.51. The molecule has 1 amide bonds. The van der Waals surface area contributed by atoms with E-state index in [1.54, 1.807) is 6.20 Å². The molecular weight excluding hydrogens is 368 g/mol. The predicted molar refractivity (Wildman–Crippen MR) is 106 cm³/mol. The van der Waals surface area contributed by atoms with E-state index in [0.29, 0.717) is 31.3 Å². The molecule has 0 bridgehead atoms. The van der Waals surface area contributed by atoms with Crippen molar-refractivity contribution in [3.8, 4) is 0 Å². The maximum Gasteiger partial charge on any atom is 0.276 e. The van der Waals surface area contributed by atoms with E-state index in [1.165, 1.54) is 6.42 Å². The summed E-state index contributed by atoms with van der Waals surface area (Å²) in [7, 11) is 0. The Labute approximate surface area is 170 Å². The number of amides is 1. The van der Waals surface area contributed by atoms with Crippen molar-refractivity contribution in [1.82, 2.24) is 20.4 Å². The third kappa shape index (κ3) is 3.94. The molecule has 2 aromatic rings. The molecule has 1 saturated heterocycles. The molecule has 3 aliphatic rings. The number of nitrogens with one attached hydrogen (secondary N) is 1. The molecule has 3 heterocycles. The molecule has 7 nitrogen and oxygen atoms in total. The summed E-state index contributed by atoms with van der Waals surface area (Å²) in [5.74, 6) is 1.27. The van der Waals surface area contributed by atoms with Crippen LogP contribution in [0.3, 0.4) is 0 Å². The fraction of sp³-hybridized carbons (Fsp3) is 0.591. The average molecular weight is 396 g/mol. The number of pyridine rings is 1. The first-order valence-electron chi connectivity index (χ1n) is 10.8. The normalized spacial score (nSPS) is 27.3. The maximum atomic E-state index is 13.1. The number of carbonyl (C=O) groups is 1. The highest BCUT2D eigenvalue weighted by atomic mass is 16.5. The summed E-state index contributed by atoms with van der Waals surface area (Å²) >= 11 is 0. The largest absolute Gasteiger partial charge is 0.370 e. The Morgan fingerprint density at radius 3 is 3.07 bits per heavy atom. The van der Waals surface area contributed by atoms with Crippen LogP contribution in [-0.2, 0) is 11.3 Å². The second-order valence-electron chi connectivity index (χ2n) is 8.57. The Morgan fingerprint density at radius 2 is 2.24 bits per heavy atom. The van der Waals surface area contributed by atoms with E-state index in [-0.39, 0.29) is 17.6 Å². The van der Waals surface area contributed by atoms with Crippen LogP contribution in [0.4, 0.5) is 0 Å². The van der Waals surface area contributed by atoms with Crippen molar-refractivity contribution in [2.24, 2.45) is 0 Å². The van der Waals surface area contributed by atoms with Gasteiger partial charge in [0.2, 0.25) is 0 Å². The van der Waals surface area contributed by atoms with Gasteiger partial charge < -0.3 is 19.5 Å². The molecule has 5 rings (SSSR count). The monoisotopic (exact) mass is 396 g/mol. The van der Waals surface area contributed by atoms with Crippen molar-refractivity contribution in [2.45, 2.75) is 62.6 Å². The van der Waals surface area contributed by atoms with Gasteiger partial charge in [0.15, 0.2) is 5.69 Å². The van der Waals surface area contributed by atoms with Gasteiger partial charge in [-0.25, -0.2) is 0 Å². The molecule has 2 saturated carbocycles. The van der Waals surface area contributed by atoms with Crippen LogP contribution in [0.5, 0.6) is 0 Å². The van der Waals surface area contributed by atoms with E-state index in [2.05, 4.69) is 21.5 Å². The topological polar surface area (TPSA) is 80.5 Å². The van der Waals surface area contributed by atoms with E-state index in [1.807, 2.05) is 23.2 Å². The molecule has 1 aliphatic heterocycles. The zero-order valence-electron chi connectivity index (χ0n) is 16.7. The molecule has 29 heavy (non-hydrogen) atoms. The number of ether oxygens (including phenoxy) is 1. The third-order valence-electron chi connectivity index (χ3n) is 6.48. The van der Waals surface area contributed by atoms with Crippen LogP contribution in [0.1, 0.15) is 66.3 Å². The summed E-state index contributed by atoms with van der Waals surface area (Å²) in [6.07, 6.45) is 10.3. The van der Waals surface area contributed by atoms with Gasteiger partial charge in [0.25, 0.3) is 5.91 Å². The highest BCUT2D eigenvalue weighted by Gasteiger charge is 2.46. The Hall–Kier alpha value is -2.25. The molecule has 0 radical (unpaired) electrons. The first-order valence-corrected chi connectivity index (χ1v) is 10.8. The van der Waals surface area contributed by atoms with Crippen LogP contribution in [0.25, 0.3) is 0 Å². The van der Waals surface area contributed by atoms with Gasteiger partial charge in [0, 0.05) is 43.5 Å². The van der Waals surface area contributed by atoms with Crippen LogP contribution in [-0.4, -0.2) is 52.3 Å². The van der Waals surface area contributed by atoms with Crippen molar-refractivity contribution >= 4 is 5.91 Å². The van der Waals surface area contributed by atoms with Crippen molar-refractivity contribution < 1.29 is 14.1 Å². The minimum atomic E-state index is -0.336. The van der Waals surface area contributed by atoms with Crippen LogP contribution >= 0.6 is 0 Å². The number of hydrogen-bond donors (Lipinski definition) is 1. The number of nitrogens with zero attached hydrogens (tertiary/aromatic N) is 3. The van der Waals surface area contributed by atoms with Crippen molar-refractivity contribution in [1.29, 1.82) is 0 Å². The molecule has 1 spiro atoms. The van der Waals surface area contributed by atoms with Gasteiger partial charge in [-0.1, -0.05) is 24.1 Å². The summed E-state index contributed by atoms with van der Waals surface area (Å²) in [4.78, 5) is 19.2. The molecular formula is C22H28N4O3. The molecule has 0 aromatic carbocycles. The van der Waals surface area contributed by atoms with Crippen molar-refractivity contribution in [3.05, 3.63) is 47.6 Å². The summed E-state index contributed by atoms with van der Waals surface area (Å²) in [5, 5.41) is 7.74. The fourth-order valence-corrected chi connectivity index (χ4v) is 4.70. The molecule has 2 atom stereocenters. The molecule has 2 aromatic heterocycles. The minimum Gasteiger partial charge on any atom is -0.370 e. The van der Waals surface area contributed by atoms with Gasteiger partial charge in [0.1, 0.15) is 11.4 Å². The molecule has 7 heteroatoms. The van der Waals surface area contributed by atoms with Gasteiger partial charge in [-0.3, -0.25) is 9.78 Å². The Balaban J connectivity index is 1.29. The second-order valence-corrected chi connectivity index (χ2v) is 8.57.